The zero-order valence-corrected chi connectivity index (χ0v) is 10.5. The van der Waals surface area contributed by atoms with Crippen LogP contribution in [-0.4, -0.2) is 15.6 Å². The molecule has 0 bridgehead atoms. The van der Waals surface area contributed by atoms with Crippen molar-refractivity contribution in [2.45, 2.75) is 13.8 Å². The van der Waals surface area contributed by atoms with Gasteiger partial charge in [0.25, 0.3) is 5.56 Å². The van der Waals surface area contributed by atoms with E-state index in [9.17, 15) is 14.0 Å². The molecule has 5 heteroatoms. The minimum Gasteiger partial charge on any atom is -0.477 e. The minimum atomic E-state index is -1.33. The number of hydrogen-bond donors (Lipinski definition) is 1. The van der Waals surface area contributed by atoms with Gasteiger partial charge >= 0.3 is 5.97 Å². The maximum absolute atomic E-state index is 13.9. The maximum Gasteiger partial charge on any atom is 0.341 e. The molecule has 0 unspecified atom stereocenters. The SMILES string of the molecule is Cc1cccc(F)c1-n1c(C)ccc(C(=O)O)c1=O. The van der Waals surface area contributed by atoms with Crippen molar-refractivity contribution in [2.24, 2.45) is 0 Å². The van der Waals surface area contributed by atoms with E-state index < -0.39 is 17.3 Å². The van der Waals surface area contributed by atoms with E-state index in [0.717, 1.165) is 4.57 Å². The lowest BCUT2D eigenvalue weighted by molar-refractivity contribution is 0.0694. The molecule has 2 rings (SSSR count). The number of nitrogens with zero attached hydrogens (tertiary/aromatic N) is 1. The summed E-state index contributed by atoms with van der Waals surface area (Å²) in [7, 11) is 0. The van der Waals surface area contributed by atoms with Gasteiger partial charge in [-0.2, -0.15) is 0 Å². The fourth-order valence-electron chi connectivity index (χ4n) is 1.98. The number of para-hydroxylation sites is 1. The zero-order valence-electron chi connectivity index (χ0n) is 10.5. The highest BCUT2D eigenvalue weighted by Crippen LogP contribution is 2.18. The fraction of sp³-hybridized carbons (Fsp3) is 0.143. The van der Waals surface area contributed by atoms with E-state index in [2.05, 4.69) is 0 Å². The molecule has 2 aromatic rings. The van der Waals surface area contributed by atoms with Crippen molar-refractivity contribution in [3.8, 4) is 5.69 Å². The van der Waals surface area contributed by atoms with E-state index in [4.69, 9.17) is 5.11 Å². The quantitative estimate of drug-likeness (QED) is 0.902. The van der Waals surface area contributed by atoms with Crippen molar-refractivity contribution in [3.05, 3.63) is 63.3 Å². The maximum atomic E-state index is 13.9. The van der Waals surface area contributed by atoms with Gasteiger partial charge in [0.1, 0.15) is 11.4 Å². The van der Waals surface area contributed by atoms with Crippen LogP contribution in [0.2, 0.25) is 0 Å². The molecule has 1 aromatic heterocycles. The normalized spacial score (nSPS) is 10.5. The summed E-state index contributed by atoms with van der Waals surface area (Å²) in [5.74, 6) is -1.89. The van der Waals surface area contributed by atoms with E-state index >= 15 is 0 Å². The fourth-order valence-corrected chi connectivity index (χ4v) is 1.98. The molecule has 0 amide bonds. The van der Waals surface area contributed by atoms with Crippen LogP contribution in [0.15, 0.2) is 35.1 Å². The van der Waals surface area contributed by atoms with Gasteiger partial charge in [0, 0.05) is 5.69 Å². The van der Waals surface area contributed by atoms with E-state index in [1.54, 1.807) is 19.9 Å². The van der Waals surface area contributed by atoms with Crippen LogP contribution < -0.4 is 5.56 Å². The first-order valence-electron chi connectivity index (χ1n) is 5.65. The molecule has 0 radical (unpaired) electrons. The first-order chi connectivity index (χ1) is 8.93. The van der Waals surface area contributed by atoms with Crippen LogP contribution in [0.3, 0.4) is 0 Å². The Morgan fingerprint density at radius 3 is 2.47 bits per heavy atom. The molecular formula is C14H12FNO3. The summed E-state index contributed by atoms with van der Waals surface area (Å²) in [5.41, 5.74) is 0.0120. The lowest BCUT2D eigenvalue weighted by Gasteiger charge is -2.14. The number of halogens is 1. The van der Waals surface area contributed by atoms with Gasteiger partial charge in [0.2, 0.25) is 0 Å². The molecule has 98 valence electrons. The molecule has 1 aromatic carbocycles. The predicted molar refractivity (Wildman–Crippen MR) is 68.4 cm³/mol. The highest BCUT2D eigenvalue weighted by molar-refractivity contribution is 5.87. The van der Waals surface area contributed by atoms with Gasteiger partial charge in [-0.15, -0.1) is 0 Å². The molecule has 0 aliphatic rings. The third-order valence-corrected chi connectivity index (χ3v) is 2.92. The topological polar surface area (TPSA) is 59.3 Å². The molecule has 1 N–H and O–H groups in total. The number of carboxylic acid groups (broad SMARTS) is 1. The van der Waals surface area contributed by atoms with Crippen molar-refractivity contribution in [1.82, 2.24) is 4.57 Å². The number of benzene rings is 1. The summed E-state index contributed by atoms with van der Waals surface area (Å²) >= 11 is 0. The van der Waals surface area contributed by atoms with E-state index in [1.807, 2.05) is 0 Å². The average Bonchev–Trinajstić information content (AvgIpc) is 2.32. The van der Waals surface area contributed by atoms with Crippen LogP contribution in [0.5, 0.6) is 0 Å². The van der Waals surface area contributed by atoms with Gasteiger partial charge in [0.05, 0.1) is 5.69 Å². The predicted octanol–water partition coefficient (Wildman–Crippen LogP) is 2.29. The number of rotatable bonds is 2. The molecule has 19 heavy (non-hydrogen) atoms. The molecular weight excluding hydrogens is 249 g/mol. The second-order valence-corrected chi connectivity index (χ2v) is 4.24. The molecule has 1 heterocycles. The number of aromatic nitrogens is 1. The first-order valence-corrected chi connectivity index (χ1v) is 5.65. The van der Waals surface area contributed by atoms with Gasteiger partial charge in [0.15, 0.2) is 0 Å². The van der Waals surface area contributed by atoms with E-state index in [-0.39, 0.29) is 11.3 Å². The van der Waals surface area contributed by atoms with Gasteiger partial charge in [-0.25, -0.2) is 9.18 Å². The lowest BCUT2D eigenvalue weighted by Crippen LogP contribution is -2.27. The molecule has 0 atom stereocenters. The van der Waals surface area contributed by atoms with Gasteiger partial charge < -0.3 is 5.11 Å². The Bertz CT molecular complexity index is 699. The molecule has 0 saturated carbocycles. The lowest BCUT2D eigenvalue weighted by atomic mass is 10.1. The average molecular weight is 261 g/mol. The van der Waals surface area contributed by atoms with Gasteiger partial charge in [-0.05, 0) is 37.6 Å². The summed E-state index contributed by atoms with van der Waals surface area (Å²) in [5, 5.41) is 8.96. The Labute approximate surface area is 108 Å². The molecule has 0 fully saturated rings. The van der Waals surface area contributed by atoms with Crippen LogP contribution in [0.4, 0.5) is 4.39 Å². The number of carboxylic acids is 1. The molecule has 4 nitrogen and oxygen atoms in total. The Morgan fingerprint density at radius 2 is 1.89 bits per heavy atom. The van der Waals surface area contributed by atoms with Gasteiger partial charge in [-0.1, -0.05) is 12.1 Å². The van der Waals surface area contributed by atoms with Crippen LogP contribution >= 0.6 is 0 Å². The third-order valence-electron chi connectivity index (χ3n) is 2.92. The highest BCUT2D eigenvalue weighted by Gasteiger charge is 2.17. The second-order valence-electron chi connectivity index (χ2n) is 4.24. The molecule has 0 aliphatic carbocycles. The summed E-state index contributed by atoms with van der Waals surface area (Å²) < 4.78 is 15.0. The second kappa shape index (κ2) is 4.68. The Balaban J connectivity index is 2.87. The summed E-state index contributed by atoms with van der Waals surface area (Å²) in [6, 6.07) is 7.15. The number of aryl methyl sites for hydroxylation is 2. The molecule has 0 aliphatic heterocycles. The number of pyridine rings is 1. The van der Waals surface area contributed by atoms with Crippen LogP contribution in [0.25, 0.3) is 5.69 Å². The minimum absolute atomic E-state index is 0.0908. The number of hydrogen-bond acceptors (Lipinski definition) is 2. The highest BCUT2D eigenvalue weighted by atomic mass is 19.1. The monoisotopic (exact) mass is 261 g/mol. The zero-order chi connectivity index (χ0) is 14.2. The van der Waals surface area contributed by atoms with Crippen LogP contribution in [-0.2, 0) is 0 Å². The van der Waals surface area contributed by atoms with Crippen molar-refractivity contribution < 1.29 is 14.3 Å². The first kappa shape index (κ1) is 13.0. The Kier molecular flexibility index (Phi) is 3.21. The van der Waals surface area contributed by atoms with Crippen LogP contribution in [0, 0.1) is 19.7 Å². The largest absolute Gasteiger partial charge is 0.477 e. The number of carbonyl (C=O) groups is 1. The van der Waals surface area contributed by atoms with Crippen molar-refractivity contribution >= 4 is 5.97 Å². The standard InChI is InChI=1S/C14H12FNO3/c1-8-4-3-5-11(15)12(8)16-9(2)6-7-10(13(16)17)14(18)19/h3-7H,1-2H3,(H,18,19). The van der Waals surface area contributed by atoms with Crippen LogP contribution in [0.1, 0.15) is 21.6 Å². The molecule has 0 saturated heterocycles. The Morgan fingerprint density at radius 1 is 1.21 bits per heavy atom. The van der Waals surface area contributed by atoms with Gasteiger partial charge in [-0.3, -0.25) is 9.36 Å². The van der Waals surface area contributed by atoms with Crippen molar-refractivity contribution in [2.75, 3.05) is 0 Å². The smallest absolute Gasteiger partial charge is 0.341 e. The van der Waals surface area contributed by atoms with Crippen molar-refractivity contribution in [1.29, 1.82) is 0 Å². The summed E-state index contributed by atoms with van der Waals surface area (Å²) in [4.78, 5) is 23.1. The Hall–Kier alpha value is -2.43. The third kappa shape index (κ3) is 2.14. The summed E-state index contributed by atoms with van der Waals surface area (Å²) in [6.45, 7) is 3.29. The molecule has 0 spiro atoms. The van der Waals surface area contributed by atoms with E-state index in [0.29, 0.717) is 11.3 Å². The van der Waals surface area contributed by atoms with E-state index in [1.165, 1.54) is 24.3 Å². The summed E-state index contributed by atoms with van der Waals surface area (Å²) in [6.07, 6.45) is 0. The van der Waals surface area contributed by atoms with Crippen molar-refractivity contribution in [3.63, 3.8) is 0 Å². The number of aromatic carboxylic acids is 1.